The van der Waals surface area contributed by atoms with Gasteiger partial charge in [-0.3, -0.25) is 9.59 Å². The van der Waals surface area contributed by atoms with Gasteiger partial charge in [0.05, 0.1) is 0 Å². The summed E-state index contributed by atoms with van der Waals surface area (Å²) in [6.07, 6.45) is -0.0191. The Kier molecular flexibility index (Phi) is 5.53. The van der Waals surface area contributed by atoms with Gasteiger partial charge >= 0.3 is 0 Å². The van der Waals surface area contributed by atoms with E-state index in [4.69, 9.17) is 10.5 Å². The van der Waals surface area contributed by atoms with Crippen LogP contribution in [0.15, 0.2) is 48.5 Å². The van der Waals surface area contributed by atoms with Crippen LogP contribution in [0.5, 0.6) is 5.75 Å². The predicted octanol–water partition coefficient (Wildman–Crippen LogP) is 1.95. The van der Waals surface area contributed by atoms with Crippen molar-refractivity contribution in [3.8, 4) is 5.75 Å². The molecule has 6 nitrogen and oxygen atoms in total. The lowest BCUT2D eigenvalue weighted by Gasteiger charge is -2.13. The summed E-state index contributed by atoms with van der Waals surface area (Å²) in [7, 11) is 0. The minimum Gasteiger partial charge on any atom is -0.480 e. The van der Waals surface area contributed by atoms with Crippen molar-refractivity contribution in [1.29, 1.82) is 0 Å². The number of nitrogens with one attached hydrogen (secondary N) is 2. The first-order valence-electron chi connectivity index (χ1n) is 8.70. The molecule has 0 bridgehead atoms. The summed E-state index contributed by atoms with van der Waals surface area (Å²) in [4.78, 5) is 24.7. The summed E-state index contributed by atoms with van der Waals surface area (Å²) in [5.41, 5.74) is 7.63. The van der Waals surface area contributed by atoms with Crippen molar-refractivity contribution in [3.63, 3.8) is 0 Å². The zero-order valence-electron chi connectivity index (χ0n) is 14.7. The molecule has 0 fully saturated rings. The van der Waals surface area contributed by atoms with Crippen LogP contribution in [-0.4, -0.2) is 31.0 Å². The first-order chi connectivity index (χ1) is 12.6. The number of nitrogens with two attached hydrogens (primary N) is 1. The summed E-state index contributed by atoms with van der Waals surface area (Å²) in [6, 6.07) is 14.5. The number of carbonyl (C=O) groups excluding carboxylic acids is 2. The summed E-state index contributed by atoms with van der Waals surface area (Å²) < 4.78 is 5.69. The zero-order chi connectivity index (χ0) is 18.5. The molecule has 2 amide bonds. The monoisotopic (exact) mass is 353 g/mol. The summed E-state index contributed by atoms with van der Waals surface area (Å²) in [5, 5.41) is 5.67. The highest BCUT2D eigenvalue weighted by Crippen LogP contribution is 2.28. The molecular weight excluding hydrogens is 330 g/mol. The normalized spacial score (nSPS) is 16.3. The van der Waals surface area contributed by atoms with E-state index in [1.165, 1.54) is 0 Å². The average molecular weight is 353 g/mol. The van der Waals surface area contributed by atoms with Gasteiger partial charge in [-0.1, -0.05) is 31.2 Å². The fourth-order valence-electron chi connectivity index (χ4n) is 2.74. The second-order valence-corrected chi connectivity index (χ2v) is 6.54. The topological polar surface area (TPSA) is 93.5 Å². The second kappa shape index (κ2) is 8.01. The Morgan fingerprint density at radius 2 is 2.04 bits per heavy atom. The summed E-state index contributed by atoms with van der Waals surface area (Å²) in [6.45, 7) is 3.00. The van der Waals surface area contributed by atoms with Gasteiger partial charge in [-0.05, 0) is 42.3 Å². The number of benzene rings is 2. The van der Waals surface area contributed by atoms with E-state index in [0.717, 1.165) is 11.3 Å². The highest BCUT2D eigenvalue weighted by molar-refractivity contribution is 5.98. The van der Waals surface area contributed by atoms with Crippen LogP contribution in [0, 0.1) is 5.92 Å². The first-order valence-corrected chi connectivity index (χ1v) is 8.70. The maximum Gasteiger partial charge on any atom is 0.265 e. The van der Waals surface area contributed by atoms with E-state index in [2.05, 4.69) is 10.6 Å². The lowest BCUT2D eigenvalue weighted by molar-refractivity contribution is -0.122. The molecule has 1 aliphatic heterocycles. The smallest absolute Gasteiger partial charge is 0.265 e. The molecule has 0 saturated carbocycles. The Bertz CT molecular complexity index is 781. The molecule has 136 valence electrons. The minimum atomic E-state index is -0.560. The molecule has 3 rings (SSSR count). The number of fused-ring (bicyclic) bond motifs is 1. The minimum absolute atomic E-state index is 0.189. The van der Waals surface area contributed by atoms with Gasteiger partial charge in [0.25, 0.3) is 11.8 Å². The molecule has 0 aliphatic carbocycles. The SMILES string of the molecule is CC(CN)CNC(=O)c1cccc(NC(=O)C2Cc3ccccc3O2)c1. The number of amides is 2. The van der Waals surface area contributed by atoms with Crippen LogP contribution in [0.1, 0.15) is 22.8 Å². The molecule has 2 aromatic rings. The van der Waals surface area contributed by atoms with Gasteiger partial charge in [-0.2, -0.15) is 0 Å². The number of ether oxygens (including phenoxy) is 1. The lowest BCUT2D eigenvalue weighted by Crippen LogP contribution is -2.32. The predicted molar refractivity (Wildman–Crippen MR) is 100 cm³/mol. The standard InChI is InChI=1S/C20H23N3O3/c1-13(11-21)12-22-19(24)15-6-4-7-16(9-15)23-20(25)18-10-14-5-2-3-8-17(14)26-18/h2-9,13,18H,10-12,21H2,1H3,(H,22,24)(H,23,25). The van der Waals surface area contributed by atoms with E-state index in [1.807, 2.05) is 31.2 Å². The highest BCUT2D eigenvalue weighted by Gasteiger charge is 2.28. The Morgan fingerprint density at radius 1 is 1.23 bits per heavy atom. The van der Waals surface area contributed by atoms with Crippen molar-refractivity contribution < 1.29 is 14.3 Å². The van der Waals surface area contributed by atoms with Gasteiger partial charge < -0.3 is 21.1 Å². The molecule has 4 N–H and O–H groups in total. The van der Waals surface area contributed by atoms with E-state index in [0.29, 0.717) is 30.8 Å². The molecule has 6 heteroatoms. The van der Waals surface area contributed by atoms with Gasteiger partial charge in [-0.15, -0.1) is 0 Å². The Hall–Kier alpha value is -2.86. The molecule has 0 spiro atoms. The van der Waals surface area contributed by atoms with Gasteiger partial charge in [0.1, 0.15) is 5.75 Å². The summed E-state index contributed by atoms with van der Waals surface area (Å²) >= 11 is 0. The van der Waals surface area contributed by atoms with E-state index in [9.17, 15) is 9.59 Å². The molecule has 1 aliphatic rings. The Morgan fingerprint density at radius 3 is 2.81 bits per heavy atom. The fourth-order valence-corrected chi connectivity index (χ4v) is 2.74. The molecular formula is C20H23N3O3. The average Bonchev–Trinajstić information content (AvgIpc) is 3.10. The van der Waals surface area contributed by atoms with Crippen LogP contribution < -0.4 is 21.1 Å². The molecule has 0 radical (unpaired) electrons. The van der Waals surface area contributed by atoms with E-state index < -0.39 is 6.10 Å². The maximum absolute atomic E-state index is 12.5. The number of hydrogen-bond acceptors (Lipinski definition) is 4. The molecule has 2 unspecified atom stereocenters. The van der Waals surface area contributed by atoms with Crippen LogP contribution >= 0.6 is 0 Å². The highest BCUT2D eigenvalue weighted by atomic mass is 16.5. The number of rotatable bonds is 6. The zero-order valence-corrected chi connectivity index (χ0v) is 14.7. The van der Waals surface area contributed by atoms with Crippen LogP contribution in [0.2, 0.25) is 0 Å². The lowest BCUT2D eigenvalue weighted by atomic mass is 10.1. The fraction of sp³-hybridized carbons (Fsp3) is 0.300. The van der Waals surface area contributed by atoms with Crippen LogP contribution in [0.4, 0.5) is 5.69 Å². The van der Waals surface area contributed by atoms with Crippen molar-refractivity contribution >= 4 is 17.5 Å². The second-order valence-electron chi connectivity index (χ2n) is 6.54. The van der Waals surface area contributed by atoms with Crippen molar-refractivity contribution in [2.75, 3.05) is 18.4 Å². The van der Waals surface area contributed by atoms with E-state index in [-0.39, 0.29) is 17.7 Å². The van der Waals surface area contributed by atoms with Gasteiger partial charge in [-0.25, -0.2) is 0 Å². The van der Waals surface area contributed by atoms with Crippen molar-refractivity contribution in [2.45, 2.75) is 19.4 Å². The number of anilines is 1. The Labute approximate surface area is 152 Å². The number of carbonyl (C=O) groups is 2. The number of para-hydroxylation sites is 1. The van der Waals surface area contributed by atoms with Crippen LogP contribution in [0.25, 0.3) is 0 Å². The first kappa shape index (κ1) is 17.9. The molecule has 2 atom stereocenters. The van der Waals surface area contributed by atoms with Crippen LogP contribution in [-0.2, 0) is 11.2 Å². The largest absolute Gasteiger partial charge is 0.480 e. The molecule has 26 heavy (non-hydrogen) atoms. The van der Waals surface area contributed by atoms with Gasteiger partial charge in [0, 0.05) is 24.2 Å². The van der Waals surface area contributed by atoms with Crippen molar-refractivity contribution in [1.82, 2.24) is 5.32 Å². The van der Waals surface area contributed by atoms with Gasteiger partial charge in [0.2, 0.25) is 0 Å². The molecule has 0 aromatic heterocycles. The Balaban J connectivity index is 1.60. The van der Waals surface area contributed by atoms with E-state index in [1.54, 1.807) is 24.3 Å². The quantitative estimate of drug-likeness (QED) is 0.740. The number of hydrogen-bond donors (Lipinski definition) is 3. The maximum atomic E-state index is 12.5. The summed E-state index contributed by atoms with van der Waals surface area (Å²) in [5.74, 6) is 0.541. The molecule has 2 aromatic carbocycles. The third-order valence-electron chi connectivity index (χ3n) is 4.35. The van der Waals surface area contributed by atoms with Crippen LogP contribution in [0.3, 0.4) is 0 Å². The third-order valence-corrected chi connectivity index (χ3v) is 4.35. The molecule has 1 heterocycles. The van der Waals surface area contributed by atoms with Crippen molar-refractivity contribution in [3.05, 3.63) is 59.7 Å². The van der Waals surface area contributed by atoms with E-state index >= 15 is 0 Å². The third kappa shape index (κ3) is 4.21. The molecule has 0 saturated heterocycles. The van der Waals surface area contributed by atoms with Gasteiger partial charge in [0.15, 0.2) is 6.10 Å². The van der Waals surface area contributed by atoms with Crippen molar-refractivity contribution in [2.24, 2.45) is 11.7 Å².